The third-order valence-corrected chi connectivity index (χ3v) is 11.2. The molecule has 0 saturated carbocycles. The molecule has 6 aromatic carbocycles. The lowest BCUT2D eigenvalue weighted by atomic mass is 9.72. The molecule has 0 unspecified atom stereocenters. The fraction of sp³-hybridized carbons (Fsp3) is 0.200. The van der Waals surface area contributed by atoms with Gasteiger partial charge in [0.25, 0.3) is 0 Å². The first kappa shape index (κ1) is 34.6. The van der Waals surface area contributed by atoms with Crippen molar-refractivity contribution in [3.8, 4) is 0 Å². The molecule has 0 amide bonds. The highest BCUT2D eigenvalue weighted by Crippen LogP contribution is 2.58. The van der Waals surface area contributed by atoms with Gasteiger partial charge in [0.2, 0.25) is 5.41 Å². The molecule has 2 aliphatic rings. The number of benzene rings is 6. The van der Waals surface area contributed by atoms with Crippen LogP contribution in [0, 0.1) is 0 Å². The quantitative estimate of drug-likeness (QED) is 0.168. The van der Waals surface area contributed by atoms with Crippen LogP contribution in [0.15, 0.2) is 146 Å². The zero-order valence-corrected chi connectivity index (χ0v) is 29.5. The van der Waals surface area contributed by atoms with Crippen LogP contribution in [0.3, 0.4) is 0 Å². The highest BCUT2D eigenvalue weighted by atomic mass is 19.4. The van der Waals surface area contributed by atoms with Crippen LogP contribution in [0.2, 0.25) is 0 Å². The molecule has 0 aromatic heterocycles. The fourth-order valence-corrected chi connectivity index (χ4v) is 8.60. The minimum absolute atomic E-state index is 0.383. The monoisotopic (exact) mass is 718 g/mol. The van der Waals surface area contributed by atoms with E-state index >= 15 is 26.3 Å². The van der Waals surface area contributed by atoms with Crippen molar-refractivity contribution in [2.75, 3.05) is 9.80 Å². The van der Waals surface area contributed by atoms with E-state index in [1.54, 1.807) is 0 Å². The summed E-state index contributed by atoms with van der Waals surface area (Å²) in [5.74, 6) is 0. The number of anilines is 6. The zero-order chi connectivity index (χ0) is 37.6. The van der Waals surface area contributed by atoms with Crippen LogP contribution in [-0.4, -0.2) is 12.4 Å². The number of alkyl halides is 6. The third kappa shape index (κ3) is 4.94. The summed E-state index contributed by atoms with van der Waals surface area (Å²) in [6, 6.07) is 40.1. The lowest BCUT2D eigenvalue weighted by Gasteiger charge is -2.42. The van der Waals surface area contributed by atoms with Gasteiger partial charge >= 0.3 is 12.4 Å². The van der Waals surface area contributed by atoms with Crippen molar-refractivity contribution in [3.05, 3.63) is 179 Å². The second kappa shape index (κ2) is 11.8. The number of hydrogen-bond acceptors (Lipinski definition) is 2. The van der Waals surface area contributed by atoms with E-state index in [9.17, 15) is 0 Å². The Kier molecular flexibility index (Phi) is 7.67. The predicted molar refractivity (Wildman–Crippen MR) is 199 cm³/mol. The van der Waals surface area contributed by atoms with Gasteiger partial charge in [0, 0.05) is 22.2 Å². The predicted octanol–water partition coefficient (Wildman–Crippen LogP) is 13.3. The molecule has 0 saturated heterocycles. The molecule has 0 fully saturated rings. The normalized spacial score (nSPS) is 16.0. The Hall–Kier alpha value is -5.50. The van der Waals surface area contributed by atoms with E-state index in [1.807, 2.05) is 107 Å². The summed E-state index contributed by atoms with van der Waals surface area (Å²) in [5, 5.41) is 0. The first-order valence-electron chi connectivity index (χ1n) is 17.4. The largest absolute Gasteiger partial charge is 0.411 e. The molecule has 0 atom stereocenters. The number of nitrogens with zero attached hydrogens (tertiary/aromatic N) is 2. The highest BCUT2D eigenvalue weighted by molar-refractivity contribution is 5.87. The fourth-order valence-electron chi connectivity index (χ4n) is 8.60. The van der Waals surface area contributed by atoms with E-state index < -0.39 is 28.9 Å². The lowest BCUT2D eigenvalue weighted by Crippen LogP contribution is -2.54. The van der Waals surface area contributed by atoms with Gasteiger partial charge < -0.3 is 9.80 Å². The van der Waals surface area contributed by atoms with Crippen LogP contribution in [0.1, 0.15) is 61.1 Å². The topological polar surface area (TPSA) is 6.48 Å². The van der Waals surface area contributed by atoms with Crippen molar-refractivity contribution < 1.29 is 26.3 Å². The Bertz CT molecular complexity index is 2070. The van der Waals surface area contributed by atoms with Gasteiger partial charge in [-0.2, -0.15) is 26.3 Å². The van der Waals surface area contributed by atoms with Crippen LogP contribution in [-0.2, 0) is 16.2 Å². The minimum Gasteiger partial charge on any atom is -0.310 e. The maximum atomic E-state index is 15.4. The van der Waals surface area contributed by atoms with E-state index in [0.717, 1.165) is 69.3 Å². The molecular formula is C45H36F6N2. The van der Waals surface area contributed by atoms with Crippen molar-refractivity contribution >= 4 is 34.1 Å². The van der Waals surface area contributed by atoms with Gasteiger partial charge in [-0.15, -0.1) is 0 Å². The second-order valence-electron chi connectivity index (χ2n) is 14.8. The van der Waals surface area contributed by atoms with Crippen molar-refractivity contribution in [2.45, 2.75) is 56.3 Å². The van der Waals surface area contributed by atoms with Crippen LogP contribution >= 0.6 is 0 Å². The number of para-hydroxylation sites is 4. The van der Waals surface area contributed by atoms with Crippen LogP contribution in [0.5, 0.6) is 0 Å². The Morgan fingerprint density at radius 2 is 0.604 bits per heavy atom. The van der Waals surface area contributed by atoms with Gasteiger partial charge in [0.15, 0.2) is 0 Å². The summed E-state index contributed by atoms with van der Waals surface area (Å²) in [4.78, 5) is 3.79. The first-order chi connectivity index (χ1) is 25.1. The molecule has 2 nitrogen and oxygen atoms in total. The average molecular weight is 719 g/mol. The smallest absolute Gasteiger partial charge is 0.310 e. The van der Waals surface area contributed by atoms with E-state index in [2.05, 4.69) is 27.7 Å². The Morgan fingerprint density at radius 3 is 0.849 bits per heavy atom. The molecule has 0 spiro atoms. The van der Waals surface area contributed by atoms with Gasteiger partial charge in [-0.25, -0.2) is 0 Å². The number of rotatable bonds is 4. The SMILES string of the molecule is CC1(C)c2ccccc2N(c2ccc(C(c3ccc(N4c5ccccc5C(C)(C)c5ccccc54)cc3)(C(F)(F)F)C(F)(F)F)cc2)c2ccccc21. The molecule has 268 valence electrons. The molecule has 8 rings (SSSR count). The molecule has 2 heterocycles. The first-order valence-corrected chi connectivity index (χ1v) is 17.4. The van der Waals surface area contributed by atoms with Crippen LogP contribution in [0.4, 0.5) is 60.5 Å². The molecule has 8 heteroatoms. The summed E-state index contributed by atoms with van der Waals surface area (Å²) >= 11 is 0. The van der Waals surface area contributed by atoms with Gasteiger partial charge in [0.1, 0.15) is 0 Å². The Balaban J connectivity index is 1.25. The molecule has 0 radical (unpaired) electrons. The molecule has 2 aliphatic heterocycles. The molecular weight excluding hydrogens is 682 g/mol. The third-order valence-electron chi connectivity index (χ3n) is 11.2. The molecule has 6 aromatic rings. The molecule has 0 aliphatic carbocycles. The maximum absolute atomic E-state index is 15.4. The highest BCUT2D eigenvalue weighted by Gasteiger charge is 2.72. The van der Waals surface area contributed by atoms with Crippen molar-refractivity contribution in [2.24, 2.45) is 0 Å². The van der Waals surface area contributed by atoms with E-state index in [1.165, 1.54) is 24.3 Å². The van der Waals surface area contributed by atoms with E-state index in [-0.39, 0.29) is 10.8 Å². The van der Waals surface area contributed by atoms with Crippen LogP contribution in [0.25, 0.3) is 0 Å². The van der Waals surface area contributed by atoms with Gasteiger partial charge in [-0.3, -0.25) is 0 Å². The average Bonchev–Trinajstić information content (AvgIpc) is 3.12. The van der Waals surface area contributed by atoms with Crippen LogP contribution < -0.4 is 9.80 Å². The maximum Gasteiger partial charge on any atom is 0.411 e. The summed E-state index contributed by atoms with van der Waals surface area (Å²) in [6.45, 7) is 8.39. The van der Waals surface area contributed by atoms with Gasteiger partial charge in [-0.1, -0.05) is 125 Å². The number of halogens is 6. The van der Waals surface area contributed by atoms with Crippen molar-refractivity contribution in [3.63, 3.8) is 0 Å². The Morgan fingerprint density at radius 1 is 0.358 bits per heavy atom. The molecule has 53 heavy (non-hydrogen) atoms. The summed E-state index contributed by atoms with van der Waals surface area (Å²) in [6.07, 6.45) is -11.5. The summed E-state index contributed by atoms with van der Waals surface area (Å²) in [7, 11) is 0. The van der Waals surface area contributed by atoms with E-state index in [0.29, 0.717) is 11.4 Å². The minimum atomic E-state index is -5.73. The van der Waals surface area contributed by atoms with Gasteiger partial charge in [0.05, 0.1) is 22.7 Å². The lowest BCUT2D eigenvalue weighted by molar-refractivity contribution is -0.288. The zero-order valence-electron chi connectivity index (χ0n) is 29.5. The van der Waals surface area contributed by atoms with Gasteiger partial charge in [-0.05, 0) is 81.9 Å². The number of fused-ring (bicyclic) bond motifs is 4. The summed E-state index contributed by atoms with van der Waals surface area (Å²) in [5.41, 5.74) is 1.20. The van der Waals surface area contributed by atoms with Crippen molar-refractivity contribution in [1.29, 1.82) is 0 Å². The van der Waals surface area contributed by atoms with Crippen molar-refractivity contribution in [1.82, 2.24) is 0 Å². The molecule has 0 bridgehead atoms. The standard InChI is InChI=1S/C45H36F6N2/c1-41(2)33-13-5-9-17-37(33)52(38-18-10-6-14-34(38)41)31-25-21-29(22-26-31)43(44(46,47)48,45(49,50)51)30-23-27-32(28-24-30)53-39-19-11-7-15-35(39)42(3,4)36-16-8-12-20-40(36)53/h5-28H,1-4H3. The summed E-state index contributed by atoms with van der Waals surface area (Å²) < 4.78 is 92.2. The second-order valence-corrected chi connectivity index (χ2v) is 14.8. The Labute approximate surface area is 305 Å². The number of hydrogen-bond donors (Lipinski definition) is 0. The molecule has 0 N–H and O–H groups in total. The van der Waals surface area contributed by atoms with E-state index in [4.69, 9.17) is 0 Å².